The molecular weight excluding hydrogens is 243 g/mol. The van der Waals surface area contributed by atoms with Crippen LogP contribution in [-0.4, -0.2) is 10.0 Å². The zero-order valence-corrected chi connectivity index (χ0v) is 11.1. The minimum atomic E-state index is -0.542. The topological polar surface area (TPSA) is 70.1 Å². The number of nitrogens with zero attached hydrogens (tertiary/aromatic N) is 3. The number of aromatic nitrogens is 2. The van der Waals surface area contributed by atoms with Crippen molar-refractivity contribution in [3.05, 3.63) is 22.5 Å². The maximum absolute atomic E-state index is 9.79. The number of nitro groups is 1. The largest absolute Gasteiger partial charge is 1.00 e. The van der Waals surface area contributed by atoms with Gasteiger partial charge in [0.15, 0.2) is 0 Å². The van der Waals surface area contributed by atoms with Crippen LogP contribution in [0.4, 0.5) is 5.69 Å². The van der Waals surface area contributed by atoms with Crippen LogP contribution in [0.25, 0.3) is 0 Å². The Hall–Kier alpha value is 0.662. The zero-order valence-electron chi connectivity index (χ0n) is 4.81. The third-order valence-electron chi connectivity index (χ3n) is 0.657. The Balaban J connectivity index is 0.000000640. The van der Waals surface area contributed by atoms with Crippen LogP contribution in [0.2, 0.25) is 0 Å². The predicted molar refractivity (Wildman–Crippen MR) is 24.2 cm³/mol. The summed E-state index contributed by atoms with van der Waals surface area (Å²) in [5, 5.41) is 16.3. The van der Waals surface area contributed by atoms with Gasteiger partial charge in [0, 0.05) is 0 Å². The third kappa shape index (κ3) is 2.83. The summed E-state index contributed by atoms with van der Waals surface area (Å²) in [5.74, 6) is 0. The SMILES string of the molecule is O=[N+]([O-])c1cn[n-]c1.[Cs+]. The summed E-state index contributed by atoms with van der Waals surface area (Å²) in [4.78, 5) is 9.25. The van der Waals surface area contributed by atoms with Crippen LogP contribution in [0, 0.1) is 10.1 Å². The first-order chi connectivity index (χ1) is 3.80. The Morgan fingerprint density at radius 3 is 2.67 bits per heavy atom. The van der Waals surface area contributed by atoms with Gasteiger partial charge >= 0.3 is 68.9 Å². The van der Waals surface area contributed by atoms with E-state index in [9.17, 15) is 10.1 Å². The van der Waals surface area contributed by atoms with Crippen molar-refractivity contribution in [1.29, 1.82) is 0 Å². The van der Waals surface area contributed by atoms with Crippen LogP contribution in [0.1, 0.15) is 0 Å². The van der Waals surface area contributed by atoms with Gasteiger partial charge in [-0.25, -0.2) is 0 Å². The summed E-state index contributed by atoms with van der Waals surface area (Å²) in [7, 11) is 0. The van der Waals surface area contributed by atoms with Gasteiger partial charge in [0.1, 0.15) is 0 Å². The number of hydrogen-bond donors (Lipinski definition) is 0. The molecule has 1 aromatic heterocycles. The van der Waals surface area contributed by atoms with E-state index in [1.165, 1.54) is 0 Å². The maximum atomic E-state index is 9.79. The van der Waals surface area contributed by atoms with E-state index in [4.69, 9.17) is 0 Å². The van der Waals surface area contributed by atoms with Gasteiger partial charge in [0.25, 0.3) is 5.69 Å². The first-order valence-electron chi connectivity index (χ1n) is 1.88. The van der Waals surface area contributed by atoms with Crippen LogP contribution in [0.3, 0.4) is 0 Å². The molecule has 5 nitrogen and oxygen atoms in total. The minimum absolute atomic E-state index is 0. The van der Waals surface area contributed by atoms with Crippen LogP contribution >= 0.6 is 0 Å². The maximum Gasteiger partial charge on any atom is 1.00 e. The number of rotatable bonds is 1. The molecule has 0 bridgehead atoms. The molecule has 0 radical (unpaired) electrons. The van der Waals surface area contributed by atoms with Crippen molar-refractivity contribution >= 4 is 5.69 Å². The van der Waals surface area contributed by atoms with E-state index in [1.807, 2.05) is 0 Å². The monoisotopic (exact) mass is 245 g/mol. The molecule has 0 saturated heterocycles. The molecular formula is C3H2CsN3O2. The quantitative estimate of drug-likeness (QED) is 0.389. The van der Waals surface area contributed by atoms with Gasteiger partial charge in [0.05, 0.1) is 11.1 Å². The van der Waals surface area contributed by atoms with Gasteiger partial charge in [-0.2, -0.15) is 0 Å². The van der Waals surface area contributed by atoms with E-state index >= 15 is 0 Å². The van der Waals surface area contributed by atoms with E-state index < -0.39 is 4.92 Å². The molecule has 0 aliphatic heterocycles. The van der Waals surface area contributed by atoms with Crippen molar-refractivity contribution in [2.75, 3.05) is 0 Å². The van der Waals surface area contributed by atoms with Crippen molar-refractivity contribution in [2.45, 2.75) is 0 Å². The molecule has 0 aromatic carbocycles. The molecule has 1 rings (SSSR count). The van der Waals surface area contributed by atoms with Crippen molar-refractivity contribution < 1.29 is 73.8 Å². The van der Waals surface area contributed by atoms with Gasteiger partial charge in [-0.3, -0.25) is 10.1 Å². The molecule has 0 unspecified atom stereocenters. The van der Waals surface area contributed by atoms with Gasteiger partial charge in [0.2, 0.25) is 0 Å². The average Bonchev–Trinajstić information content (AvgIpc) is 2.12. The smallest absolute Gasteiger partial charge is 0.576 e. The normalized spacial score (nSPS) is 8.00. The van der Waals surface area contributed by atoms with E-state index in [1.54, 1.807) is 0 Å². The molecule has 0 N–H and O–H groups in total. The summed E-state index contributed by atoms with van der Waals surface area (Å²) >= 11 is 0. The predicted octanol–water partition coefficient (Wildman–Crippen LogP) is -3.05. The molecule has 0 spiro atoms. The molecule has 6 heteroatoms. The van der Waals surface area contributed by atoms with Gasteiger partial charge in [-0.05, 0) is 0 Å². The van der Waals surface area contributed by atoms with Crippen molar-refractivity contribution in [2.24, 2.45) is 0 Å². The second-order valence-electron chi connectivity index (χ2n) is 1.17. The summed E-state index contributed by atoms with van der Waals surface area (Å²) in [6, 6.07) is 0. The van der Waals surface area contributed by atoms with Crippen LogP contribution in [0.5, 0.6) is 0 Å². The van der Waals surface area contributed by atoms with Crippen molar-refractivity contribution in [3.8, 4) is 0 Å². The molecule has 1 aromatic rings. The molecule has 9 heavy (non-hydrogen) atoms. The third-order valence-corrected chi connectivity index (χ3v) is 0.657. The van der Waals surface area contributed by atoms with Crippen molar-refractivity contribution in [3.63, 3.8) is 0 Å². The second kappa shape index (κ2) is 4.47. The summed E-state index contributed by atoms with van der Waals surface area (Å²) < 4.78 is 0. The van der Waals surface area contributed by atoms with Gasteiger partial charge in [-0.15, -0.1) is 0 Å². The van der Waals surface area contributed by atoms with E-state index in [2.05, 4.69) is 10.2 Å². The van der Waals surface area contributed by atoms with E-state index in [-0.39, 0.29) is 74.6 Å². The fourth-order valence-corrected chi connectivity index (χ4v) is 0.313. The first kappa shape index (κ1) is 9.66. The fraction of sp³-hybridized carbons (Fsp3) is 0. The molecule has 42 valence electrons. The van der Waals surface area contributed by atoms with Gasteiger partial charge in [-0.1, -0.05) is 6.20 Å². The Bertz CT molecular complexity index is 185. The summed E-state index contributed by atoms with van der Waals surface area (Å²) in [6.45, 7) is 0. The Morgan fingerprint density at radius 1 is 1.78 bits per heavy atom. The van der Waals surface area contributed by atoms with Crippen molar-refractivity contribution in [1.82, 2.24) is 10.2 Å². The van der Waals surface area contributed by atoms with Gasteiger partial charge < -0.3 is 10.2 Å². The Kier molecular flexibility index (Phi) is 4.80. The molecule has 0 amide bonds. The molecule has 0 fully saturated rings. The molecule has 0 saturated carbocycles. The first-order valence-corrected chi connectivity index (χ1v) is 1.88. The summed E-state index contributed by atoms with van der Waals surface area (Å²) in [5.41, 5.74) is -0.0648. The molecule has 0 aliphatic rings. The molecule has 0 aliphatic carbocycles. The number of hydrogen-bond acceptors (Lipinski definition) is 3. The molecule has 0 atom stereocenters. The van der Waals surface area contributed by atoms with Crippen LogP contribution in [-0.2, 0) is 0 Å². The standard InChI is InChI=1S/C3H2N3O2.Cs/c7-6(8)3-1-4-5-2-3;/h1-2H;/q-1;+1. The van der Waals surface area contributed by atoms with E-state index in [0.717, 1.165) is 12.4 Å². The molecule has 1 heterocycles. The minimum Gasteiger partial charge on any atom is -0.576 e. The van der Waals surface area contributed by atoms with E-state index in [0.29, 0.717) is 0 Å². The Labute approximate surface area is 110 Å². The second-order valence-corrected chi connectivity index (χ2v) is 1.17. The van der Waals surface area contributed by atoms with Crippen LogP contribution < -0.4 is 74.0 Å². The average molecular weight is 245 g/mol. The Morgan fingerprint density at radius 2 is 2.44 bits per heavy atom. The summed E-state index contributed by atoms with van der Waals surface area (Å²) in [6.07, 6.45) is 2.19. The van der Waals surface area contributed by atoms with Crippen LogP contribution in [0.15, 0.2) is 12.4 Å². The zero-order chi connectivity index (χ0) is 5.98. The fourth-order valence-electron chi connectivity index (χ4n) is 0.313.